The molecule has 0 atom stereocenters. The maximum atomic E-state index is 12.0. The van der Waals surface area contributed by atoms with E-state index in [0.717, 1.165) is 25.0 Å². The number of hydrogen-bond donors (Lipinski definition) is 3. The molecule has 98 valence electrons. The van der Waals surface area contributed by atoms with Gasteiger partial charge in [-0.05, 0) is 31.4 Å². The van der Waals surface area contributed by atoms with Crippen LogP contribution in [-0.2, 0) is 12.8 Å². The van der Waals surface area contributed by atoms with E-state index < -0.39 is 11.7 Å². The van der Waals surface area contributed by atoms with Gasteiger partial charge < -0.3 is 10.2 Å². The number of benzene rings is 1. The zero-order chi connectivity index (χ0) is 13.4. The number of carbonyl (C=O) groups is 1. The standard InChI is InChI=1S/C13H12N2O3S/c16-9-5-1-3-7(11(9)17)12(18)15-13-14-8-4-2-6-10(8)19-13/h1,3,5,16-17H,2,4,6H2,(H,14,15,18). The Labute approximate surface area is 113 Å². The maximum absolute atomic E-state index is 12.0. The fraction of sp³-hybridized carbons (Fsp3) is 0.231. The SMILES string of the molecule is O=C(Nc1nc2c(s1)CCC2)c1cccc(O)c1O. The average Bonchev–Trinajstić information content (AvgIpc) is 2.93. The van der Waals surface area contributed by atoms with Gasteiger partial charge in [0.1, 0.15) is 0 Å². The molecule has 1 amide bonds. The number of thiazole rings is 1. The van der Waals surface area contributed by atoms with Gasteiger partial charge in [0.15, 0.2) is 16.6 Å². The van der Waals surface area contributed by atoms with Crippen LogP contribution < -0.4 is 5.32 Å². The number of fused-ring (bicyclic) bond motifs is 1. The van der Waals surface area contributed by atoms with E-state index in [1.807, 2.05) is 0 Å². The van der Waals surface area contributed by atoms with Crippen molar-refractivity contribution in [1.82, 2.24) is 4.98 Å². The molecule has 0 saturated carbocycles. The number of aromatic hydroxyl groups is 2. The highest BCUT2D eigenvalue weighted by atomic mass is 32.1. The van der Waals surface area contributed by atoms with E-state index in [1.165, 1.54) is 34.4 Å². The molecule has 0 unspecified atom stereocenters. The summed E-state index contributed by atoms with van der Waals surface area (Å²) in [5.74, 6) is -1.20. The summed E-state index contributed by atoms with van der Waals surface area (Å²) in [6.07, 6.45) is 3.09. The highest BCUT2D eigenvalue weighted by molar-refractivity contribution is 7.16. The summed E-state index contributed by atoms with van der Waals surface area (Å²) in [6, 6.07) is 4.28. The summed E-state index contributed by atoms with van der Waals surface area (Å²) in [5, 5.41) is 22.2. The molecule has 0 aliphatic heterocycles. The number of nitrogens with zero attached hydrogens (tertiary/aromatic N) is 1. The van der Waals surface area contributed by atoms with Crippen molar-refractivity contribution in [2.24, 2.45) is 0 Å². The maximum Gasteiger partial charge on any atom is 0.261 e. The van der Waals surface area contributed by atoms with Gasteiger partial charge in [0.05, 0.1) is 11.3 Å². The zero-order valence-electron chi connectivity index (χ0n) is 10.0. The van der Waals surface area contributed by atoms with Crippen molar-refractivity contribution >= 4 is 22.4 Å². The molecular weight excluding hydrogens is 264 g/mol. The van der Waals surface area contributed by atoms with Crippen LogP contribution >= 0.6 is 11.3 Å². The van der Waals surface area contributed by atoms with Crippen molar-refractivity contribution in [2.75, 3.05) is 5.32 Å². The monoisotopic (exact) mass is 276 g/mol. The van der Waals surface area contributed by atoms with Crippen LogP contribution in [0, 0.1) is 0 Å². The first kappa shape index (κ1) is 12.0. The second-order valence-electron chi connectivity index (χ2n) is 4.37. The highest BCUT2D eigenvalue weighted by Gasteiger charge is 2.19. The number of hydrogen-bond acceptors (Lipinski definition) is 5. The van der Waals surface area contributed by atoms with E-state index in [1.54, 1.807) is 0 Å². The van der Waals surface area contributed by atoms with E-state index in [2.05, 4.69) is 10.3 Å². The van der Waals surface area contributed by atoms with Gasteiger partial charge >= 0.3 is 0 Å². The molecule has 19 heavy (non-hydrogen) atoms. The predicted molar refractivity (Wildman–Crippen MR) is 71.9 cm³/mol. The molecule has 1 aliphatic carbocycles. The van der Waals surface area contributed by atoms with Crippen molar-refractivity contribution in [3.63, 3.8) is 0 Å². The number of phenolic OH excluding ortho intramolecular Hbond substituents is 2. The Morgan fingerprint density at radius 3 is 2.95 bits per heavy atom. The molecule has 3 rings (SSSR count). The third-order valence-electron chi connectivity index (χ3n) is 3.08. The molecule has 0 saturated heterocycles. The number of nitrogens with one attached hydrogen (secondary N) is 1. The minimum absolute atomic E-state index is 0.0374. The van der Waals surface area contributed by atoms with Crippen LogP contribution in [0.4, 0.5) is 5.13 Å². The number of phenols is 2. The molecule has 0 fully saturated rings. The van der Waals surface area contributed by atoms with E-state index >= 15 is 0 Å². The molecule has 0 bridgehead atoms. The van der Waals surface area contributed by atoms with Crippen molar-refractivity contribution in [2.45, 2.75) is 19.3 Å². The predicted octanol–water partition coefficient (Wildman–Crippen LogP) is 2.30. The van der Waals surface area contributed by atoms with Crippen LogP contribution in [0.15, 0.2) is 18.2 Å². The Kier molecular flexibility index (Phi) is 2.87. The molecule has 0 radical (unpaired) electrons. The van der Waals surface area contributed by atoms with Gasteiger partial charge in [-0.1, -0.05) is 6.07 Å². The normalized spacial score (nSPS) is 13.3. The summed E-state index contributed by atoms with van der Waals surface area (Å²) in [6.45, 7) is 0. The van der Waals surface area contributed by atoms with E-state index in [4.69, 9.17) is 0 Å². The van der Waals surface area contributed by atoms with Crippen molar-refractivity contribution in [3.8, 4) is 11.5 Å². The fourth-order valence-electron chi connectivity index (χ4n) is 2.12. The van der Waals surface area contributed by atoms with Crippen LogP contribution in [0.3, 0.4) is 0 Å². The number of anilines is 1. The van der Waals surface area contributed by atoms with Crippen LogP contribution in [-0.4, -0.2) is 21.1 Å². The number of rotatable bonds is 2. The molecular formula is C13H12N2O3S. The lowest BCUT2D eigenvalue weighted by Gasteiger charge is -2.05. The van der Waals surface area contributed by atoms with Crippen molar-refractivity contribution < 1.29 is 15.0 Å². The minimum Gasteiger partial charge on any atom is -0.504 e. The Hall–Kier alpha value is -2.08. The molecule has 1 heterocycles. The largest absolute Gasteiger partial charge is 0.504 e. The highest BCUT2D eigenvalue weighted by Crippen LogP contribution is 2.32. The van der Waals surface area contributed by atoms with Crippen LogP contribution in [0.1, 0.15) is 27.3 Å². The van der Waals surface area contributed by atoms with Gasteiger partial charge in [0.25, 0.3) is 5.91 Å². The quantitative estimate of drug-likeness (QED) is 0.735. The molecule has 6 heteroatoms. The molecule has 0 spiro atoms. The zero-order valence-corrected chi connectivity index (χ0v) is 10.8. The third kappa shape index (κ3) is 2.15. The van der Waals surface area contributed by atoms with Crippen molar-refractivity contribution in [3.05, 3.63) is 34.3 Å². The van der Waals surface area contributed by atoms with Gasteiger partial charge in [-0.3, -0.25) is 10.1 Å². The van der Waals surface area contributed by atoms with E-state index in [9.17, 15) is 15.0 Å². The summed E-state index contributed by atoms with van der Waals surface area (Å²) < 4.78 is 0. The molecule has 1 aromatic carbocycles. The van der Waals surface area contributed by atoms with Crippen LogP contribution in [0.5, 0.6) is 11.5 Å². The van der Waals surface area contributed by atoms with Crippen molar-refractivity contribution in [1.29, 1.82) is 0 Å². The van der Waals surface area contributed by atoms with Gasteiger partial charge in [-0.15, -0.1) is 11.3 Å². The minimum atomic E-state index is -0.471. The number of amides is 1. The van der Waals surface area contributed by atoms with Gasteiger partial charge in [-0.25, -0.2) is 4.98 Å². The average molecular weight is 276 g/mol. The molecule has 3 N–H and O–H groups in total. The van der Waals surface area contributed by atoms with E-state index in [0.29, 0.717) is 5.13 Å². The molecule has 1 aromatic heterocycles. The lowest BCUT2D eigenvalue weighted by atomic mass is 10.2. The number of aromatic nitrogens is 1. The van der Waals surface area contributed by atoms with E-state index in [-0.39, 0.29) is 11.3 Å². The third-order valence-corrected chi connectivity index (χ3v) is 4.15. The molecule has 1 aliphatic rings. The molecule has 5 nitrogen and oxygen atoms in total. The Morgan fingerprint density at radius 1 is 1.32 bits per heavy atom. The fourth-order valence-corrected chi connectivity index (χ4v) is 3.17. The smallest absolute Gasteiger partial charge is 0.261 e. The first-order valence-electron chi connectivity index (χ1n) is 5.96. The lowest BCUT2D eigenvalue weighted by molar-refractivity contribution is 0.102. The summed E-state index contributed by atoms with van der Waals surface area (Å²) in [5.41, 5.74) is 1.09. The summed E-state index contributed by atoms with van der Waals surface area (Å²) in [4.78, 5) is 17.6. The second kappa shape index (κ2) is 4.55. The van der Waals surface area contributed by atoms with Crippen LogP contribution in [0.25, 0.3) is 0 Å². The topological polar surface area (TPSA) is 82.5 Å². The molecule has 2 aromatic rings. The summed E-state index contributed by atoms with van der Waals surface area (Å²) in [7, 11) is 0. The first-order chi connectivity index (χ1) is 9.15. The number of aryl methyl sites for hydroxylation is 2. The van der Waals surface area contributed by atoms with Crippen LogP contribution in [0.2, 0.25) is 0 Å². The van der Waals surface area contributed by atoms with Gasteiger partial charge in [0.2, 0.25) is 0 Å². The second-order valence-corrected chi connectivity index (χ2v) is 5.45. The first-order valence-corrected chi connectivity index (χ1v) is 6.77. The number of para-hydroxylation sites is 1. The Bertz CT molecular complexity index is 630. The number of carbonyl (C=O) groups excluding carboxylic acids is 1. The van der Waals surface area contributed by atoms with Gasteiger partial charge in [0, 0.05) is 4.88 Å². The Balaban J connectivity index is 1.82. The van der Waals surface area contributed by atoms with Gasteiger partial charge in [-0.2, -0.15) is 0 Å². The Morgan fingerprint density at radius 2 is 2.16 bits per heavy atom. The summed E-state index contributed by atoms with van der Waals surface area (Å²) >= 11 is 1.47. The lowest BCUT2D eigenvalue weighted by Crippen LogP contribution is -2.12.